The number of aromatic nitrogens is 3. The number of rotatable bonds is 6. The fourth-order valence-corrected chi connectivity index (χ4v) is 2.50. The predicted molar refractivity (Wildman–Crippen MR) is 84.2 cm³/mol. The third-order valence-electron chi connectivity index (χ3n) is 4.08. The minimum atomic E-state index is 0.00694. The number of amides is 1. The van der Waals surface area contributed by atoms with Gasteiger partial charge in [-0.2, -0.15) is 0 Å². The van der Waals surface area contributed by atoms with Crippen LogP contribution in [0.2, 0.25) is 0 Å². The maximum absolute atomic E-state index is 12.7. The molecule has 21 heavy (non-hydrogen) atoms. The van der Waals surface area contributed by atoms with E-state index in [-0.39, 0.29) is 5.91 Å². The molecule has 0 unspecified atom stereocenters. The Morgan fingerprint density at radius 1 is 1.29 bits per heavy atom. The lowest BCUT2D eigenvalue weighted by Gasteiger charge is -2.25. The molecule has 0 bridgehead atoms. The largest absolute Gasteiger partial charge is 0.337 e. The normalized spacial score (nSPS) is 11.3. The van der Waals surface area contributed by atoms with Crippen LogP contribution in [0.1, 0.15) is 44.1 Å². The highest BCUT2D eigenvalue weighted by Gasteiger charge is 2.19. The molecule has 5 nitrogen and oxygen atoms in total. The maximum Gasteiger partial charge on any atom is 0.272 e. The minimum absolute atomic E-state index is 0.00694. The van der Waals surface area contributed by atoms with Crippen molar-refractivity contribution in [2.24, 2.45) is 13.0 Å². The Kier molecular flexibility index (Phi) is 4.94. The molecule has 2 heterocycles. The summed E-state index contributed by atoms with van der Waals surface area (Å²) in [6, 6.07) is 3.63. The summed E-state index contributed by atoms with van der Waals surface area (Å²) >= 11 is 0. The summed E-state index contributed by atoms with van der Waals surface area (Å²) in [5.74, 6) is 0.557. The molecule has 0 N–H and O–H groups in total. The van der Waals surface area contributed by atoms with Crippen LogP contribution < -0.4 is 0 Å². The van der Waals surface area contributed by atoms with Gasteiger partial charge in [-0.25, -0.2) is 9.97 Å². The number of aryl methyl sites for hydroxylation is 1. The summed E-state index contributed by atoms with van der Waals surface area (Å²) in [5, 5.41) is 0. The van der Waals surface area contributed by atoms with Crippen LogP contribution in [0.3, 0.4) is 0 Å². The van der Waals surface area contributed by atoms with Crippen LogP contribution in [0.25, 0.3) is 11.2 Å². The first-order chi connectivity index (χ1) is 10.1. The molecular formula is C16H24N4O. The average molecular weight is 288 g/mol. The molecule has 2 aromatic rings. The molecule has 2 rings (SSSR count). The molecule has 0 fully saturated rings. The Bertz CT molecular complexity index is 616. The molecule has 0 radical (unpaired) electrons. The highest BCUT2D eigenvalue weighted by molar-refractivity contribution is 5.94. The second-order valence-corrected chi connectivity index (χ2v) is 5.42. The van der Waals surface area contributed by atoms with E-state index in [0.29, 0.717) is 18.2 Å². The molecule has 114 valence electrons. The average Bonchev–Trinajstić information content (AvgIpc) is 2.89. The topological polar surface area (TPSA) is 51.0 Å². The van der Waals surface area contributed by atoms with Crippen LogP contribution in [0, 0.1) is 5.92 Å². The third-order valence-corrected chi connectivity index (χ3v) is 4.08. The van der Waals surface area contributed by atoms with Crippen molar-refractivity contribution in [2.75, 3.05) is 13.1 Å². The van der Waals surface area contributed by atoms with Crippen molar-refractivity contribution in [2.45, 2.75) is 33.6 Å². The van der Waals surface area contributed by atoms with Gasteiger partial charge in [-0.15, -0.1) is 0 Å². The number of imidazole rings is 1. The van der Waals surface area contributed by atoms with E-state index in [1.165, 1.54) is 0 Å². The van der Waals surface area contributed by atoms with E-state index in [1.807, 2.05) is 29.5 Å². The summed E-state index contributed by atoms with van der Waals surface area (Å²) in [7, 11) is 1.89. The smallest absolute Gasteiger partial charge is 0.272 e. The van der Waals surface area contributed by atoms with Crippen molar-refractivity contribution in [3.05, 3.63) is 24.2 Å². The molecule has 5 heteroatoms. The molecule has 0 aliphatic carbocycles. The van der Waals surface area contributed by atoms with E-state index < -0.39 is 0 Å². The molecule has 0 spiro atoms. The zero-order valence-electron chi connectivity index (χ0n) is 13.3. The summed E-state index contributed by atoms with van der Waals surface area (Å²) in [5.41, 5.74) is 2.07. The number of hydrogen-bond acceptors (Lipinski definition) is 3. The Hall–Kier alpha value is -1.91. The molecule has 0 aromatic carbocycles. The van der Waals surface area contributed by atoms with Gasteiger partial charge in [-0.1, -0.05) is 26.7 Å². The van der Waals surface area contributed by atoms with Crippen molar-refractivity contribution in [1.82, 2.24) is 19.4 Å². The first kappa shape index (κ1) is 15.5. The first-order valence-corrected chi connectivity index (χ1v) is 7.67. The van der Waals surface area contributed by atoms with Crippen LogP contribution in [-0.2, 0) is 7.05 Å². The van der Waals surface area contributed by atoms with Crippen molar-refractivity contribution in [1.29, 1.82) is 0 Å². The Morgan fingerprint density at radius 3 is 2.62 bits per heavy atom. The Labute approximate surface area is 126 Å². The zero-order chi connectivity index (χ0) is 15.4. The summed E-state index contributed by atoms with van der Waals surface area (Å²) in [6.45, 7) is 7.87. The fourth-order valence-electron chi connectivity index (χ4n) is 2.50. The van der Waals surface area contributed by atoms with E-state index in [4.69, 9.17) is 0 Å². The number of pyridine rings is 1. The van der Waals surface area contributed by atoms with E-state index in [9.17, 15) is 4.79 Å². The first-order valence-electron chi connectivity index (χ1n) is 7.67. The molecule has 0 aliphatic heterocycles. The minimum Gasteiger partial charge on any atom is -0.337 e. The van der Waals surface area contributed by atoms with Gasteiger partial charge < -0.3 is 9.47 Å². The second kappa shape index (κ2) is 6.70. The SMILES string of the molecule is CCC(CC)CN(CC)C(=O)c1ccc2ncn(C)c2n1. The lowest BCUT2D eigenvalue weighted by Crippen LogP contribution is -2.35. The second-order valence-electron chi connectivity index (χ2n) is 5.42. The van der Waals surface area contributed by atoms with E-state index in [1.54, 1.807) is 12.4 Å². The van der Waals surface area contributed by atoms with E-state index >= 15 is 0 Å². The number of carbonyl (C=O) groups is 1. The molecule has 2 aromatic heterocycles. The van der Waals surface area contributed by atoms with Crippen molar-refractivity contribution in [3.8, 4) is 0 Å². The summed E-state index contributed by atoms with van der Waals surface area (Å²) in [4.78, 5) is 23.3. The number of hydrogen-bond donors (Lipinski definition) is 0. The number of carbonyl (C=O) groups excluding carboxylic acids is 1. The van der Waals surface area contributed by atoms with Gasteiger partial charge in [0.1, 0.15) is 11.2 Å². The van der Waals surface area contributed by atoms with Crippen molar-refractivity contribution >= 4 is 17.1 Å². The van der Waals surface area contributed by atoms with Crippen LogP contribution in [-0.4, -0.2) is 38.4 Å². The Morgan fingerprint density at radius 2 is 2.00 bits per heavy atom. The standard InChI is InChI=1S/C16H24N4O/c1-5-12(6-2)10-20(7-3)16(21)14-9-8-13-15(18-14)19(4)11-17-13/h8-9,11-12H,5-7,10H2,1-4H3. The van der Waals surface area contributed by atoms with Gasteiger partial charge in [-0.3, -0.25) is 4.79 Å². The van der Waals surface area contributed by atoms with Crippen LogP contribution in [0.5, 0.6) is 0 Å². The summed E-state index contributed by atoms with van der Waals surface area (Å²) in [6.07, 6.45) is 3.90. The fraction of sp³-hybridized carbons (Fsp3) is 0.562. The number of nitrogens with zero attached hydrogens (tertiary/aromatic N) is 4. The highest BCUT2D eigenvalue weighted by Crippen LogP contribution is 2.14. The number of fused-ring (bicyclic) bond motifs is 1. The molecular weight excluding hydrogens is 264 g/mol. The van der Waals surface area contributed by atoms with Crippen LogP contribution >= 0.6 is 0 Å². The van der Waals surface area contributed by atoms with Crippen LogP contribution in [0.15, 0.2) is 18.5 Å². The van der Waals surface area contributed by atoms with Gasteiger partial charge in [0, 0.05) is 20.1 Å². The Balaban J connectivity index is 2.24. The monoisotopic (exact) mass is 288 g/mol. The lowest BCUT2D eigenvalue weighted by molar-refractivity contribution is 0.0729. The third kappa shape index (κ3) is 3.23. The van der Waals surface area contributed by atoms with Crippen molar-refractivity contribution < 1.29 is 4.79 Å². The van der Waals surface area contributed by atoms with Gasteiger partial charge in [0.05, 0.1) is 6.33 Å². The van der Waals surface area contributed by atoms with Gasteiger partial charge >= 0.3 is 0 Å². The van der Waals surface area contributed by atoms with E-state index in [2.05, 4.69) is 23.8 Å². The van der Waals surface area contributed by atoms with Gasteiger partial charge in [0.15, 0.2) is 5.65 Å². The molecule has 0 saturated carbocycles. The van der Waals surface area contributed by atoms with Crippen LogP contribution in [0.4, 0.5) is 0 Å². The van der Waals surface area contributed by atoms with E-state index in [0.717, 1.165) is 30.6 Å². The van der Waals surface area contributed by atoms with Gasteiger partial charge in [0.25, 0.3) is 5.91 Å². The predicted octanol–water partition coefficient (Wildman–Crippen LogP) is 2.87. The zero-order valence-corrected chi connectivity index (χ0v) is 13.3. The van der Waals surface area contributed by atoms with Gasteiger partial charge in [0.2, 0.25) is 0 Å². The quantitative estimate of drug-likeness (QED) is 0.821. The van der Waals surface area contributed by atoms with Gasteiger partial charge in [-0.05, 0) is 25.0 Å². The van der Waals surface area contributed by atoms with Crippen molar-refractivity contribution in [3.63, 3.8) is 0 Å². The molecule has 0 saturated heterocycles. The summed E-state index contributed by atoms with van der Waals surface area (Å²) < 4.78 is 1.84. The molecule has 0 aliphatic rings. The molecule has 1 amide bonds. The lowest BCUT2D eigenvalue weighted by atomic mass is 10.0. The highest BCUT2D eigenvalue weighted by atomic mass is 16.2. The maximum atomic E-state index is 12.7. The molecule has 0 atom stereocenters.